The van der Waals surface area contributed by atoms with Crippen LogP contribution < -0.4 is 9.64 Å². The van der Waals surface area contributed by atoms with Gasteiger partial charge in [0.15, 0.2) is 0 Å². The highest BCUT2D eigenvalue weighted by Gasteiger charge is 2.47. The van der Waals surface area contributed by atoms with Gasteiger partial charge in [0, 0.05) is 11.3 Å². The number of aliphatic hydroxyl groups excluding tert-OH is 1. The number of aliphatic hydroxyl groups is 1. The van der Waals surface area contributed by atoms with Gasteiger partial charge in [0.1, 0.15) is 11.5 Å². The number of anilines is 1. The molecule has 35 heavy (non-hydrogen) atoms. The van der Waals surface area contributed by atoms with Crippen LogP contribution in [0, 0.1) is 11.3 Å². The molecule has 0 bridgehead atoms. The molecule has 8 heteroatoms. The van der Waals surface area contributed by atoms with Crippen LogP contribution in [0.5, 0.6) is 5.75 Å². The average Bonchev–Trinajstić information content (AvgIpc) is 3.14. The summed E-state index contributed by atoms with van der Waals surface area (Å²) in [6.07, 6.45) is 0.851. The predicted octanol–water partition coefficient (Wildman–Crippen LogP) is 6.28. The molecule has 1 N–H and O–H groups in total. The van der Waals surface area contributed by atoms with Gasteiger partial charge < -0.3 is 9.84 Å². The molecule has 1 aliphatic heterocycles. The van der Waals surface area contributed by atoms with Crippen molar-refractivity contribution in [2.45, 2.75) is 19.4 Å². The minimum atomic E-state index is -0.919. The van der Waals surface area contributed by atoms with Crippen LogP contribution in [0.4, 0.5) is 5.69 Å². The van der Waals surface area contributed by atoms with Crippen LogP contribution in [-0.2, 0) is 9.59 Å². The summed E-state index contributed by atoms with van der Waals surface area (Å²) in [4.78, 5) is 27.8. The fourth-order valence-corrected chi connectivity index (χ4v) is 4.17. The Labute approximate surface area is 212 Å². The smallest absolute Gasteiger partial charge is 0.300 e. The minimum absolute atomic E-state index is 0.0834. The van der Waals surface area contributed by atoms with Crippen LogP contribution in [0.2, 0.25) is 10.0 Å². The Morgan fingerprint density at radius 2 is 1.71 bits per heavy atom. The number of rotatable bonds is 6. The summed E-state index contributed by atoms with van der Waals surface area (Å²) in [6, 6.07) is 18.9. The molecule has 6 nitrogen and oxygen atoms in total. The maximum Gasteiger partial charge on any atom is 0.300 e. The molecule has 4 rings (SSSR count). The van der Waals surface area contributed by atoms with Gasteiger partial charge in [-0.05, 0) is 66.6 Å². The molecule has 1 saturated heterocycles. The molecule has 3 aromatic carbocycles. The summed E-state index contributed by atoms with van der Waals surface area (Å²) in [5.74, 6) is -1.35. The van der Waals surface area contributed by atoms with Crippen LogP contribution >= 0.6 is 23.2 Å². The number of hydrogen-bond acceptors (Lipinski definition) is 5. The van der Waals surface area contributed by atoms with Gasteiger partial charge >= 0.3 is 0 Å². The fourth-order valence-electron chi connectivity index (χ4n) is 3.88. The van der Waals surface area contributed by atoms with Crippen LogP contribution in [0.15, 0.2) is 72.3 Å². The lowest BCUT2D eigenvalue weighted by Gasteiger charge is -2.25. The largest absolute Gasteiger partial charge is 0.507 e. The van der Waals surface area contributed by atoms with E-state index < -0.39 is 17.7 Å². The van der Waals surface area contributed by atoms with Gasteiger partial charge in [0.2, 0.25) is 0 Å². The van der Waals surface area contributed by atoms with Crippen LogP contribution in [0.25, 0.3) is 5.76 Å². The van der Waals surface area contributed by atoms with E-state index in [9.17, 15) is 14.7 Å². The van der Waals surface area contributed by atoms with Gasteiger partial charge in [0.05, 0.1) is 39.9 Å². The molecule has 0 aromatic heterocycles. The first kappa shape index (κ1) is 24.3. The zero-order valence-electron chi connectivity index (χ0n) is 18.7. The number of carbonyl (C=O) groups is 2. The molecule has 0 saturated carbocycles. The van der Waals surface area contributed by atoms with Crippen molar-refractivity contribution in [1.82, 2.24) is 0 Å². The number of Topliss-reactive ketones (excluding diaryl/α,β-unsaturated/α-hetero) is 1. The molecule has 1 unspecified atom stereocenters. The number of amides is 1. The molecular weight excluding hydrogens is 487 g/mol. The number of carbonyl (C=O) groups excluding carboxylic acids is 2. The Balaban J connectivity index is 1.88. The number of nitrogens with zero attached hydrogens (tertiary/aromatic N) is 2. The van der Waals surface area contributed by atoms with Crippen molar-refractivity contribution in [3.8, 4) is 11.8 Å². The number of nitriles is 1. The Bertz CT molecular complexity index is 1360. The second-order valence-electron chi connectivity index (χ2n) is 7.87. The second-order valence-corrected chi connectivity index (χ2v) is 8.69. The molecule has 1 amide bonds. The van der Waals surface area contributed by atoms with Crippen molar-refractivity contribution in [1.29, 1.82) is 5.26 Å². The first-order chi connectivity index (χ1) is 16.8. The first-order valence-corrected chi connectivity index (χ1v) is 11.6. The number of benzene rings is 3. The Hall–Kier alpha value is -3.79. The van der Waals surface area contributed by atoms with Crippen molar-refractivity contribution in [3.63, 3.8) is 0 Å². The van der Waals surface area contributed by atoms with Gasteiger partial charge in [-0.15, -0.1) is 0 Å². The summed E-state index contributed by atoms with van der Waals surface area (Å²) in [5.41, 5.74) is 1.59. The van der Waals surface area contributed by atoms with Gasteiger partial charge in [0.25, 0.3) is 11.7 Å². The minimum Gasteiger partial charge on any atom is -0.507 e. The van der Waals surface area contributed by atoms with Gasteiger partial charge in [-0.25, -0.2) is 0 Å². The van der Waals surface area contributed by atoms with E-state index >= 15 is 0 Å². The molecule has 1 fully saturated rings. The van der Waals surface area contributed by atoms with E-state index in [0.717, 1.165) is 6.42 Å². The van der Waals surface area contributed by atoms with E-state index in [1.807, 2.05) is 13.0 Å². The molecule has 3 aromatic rings. The maximum absolute atomic E-state index is 13.2. The van der Waals surface area contributed by atoms with Crippen molar-refractivity contribution < 1.29 is 19.4 Å². The highest BCUT2D eigenvalue weighted by Crippen LogP contribution is 2.43. The topological polar surface area (TPSA) is 90.6 Å². The third-order valence-electron chi connectivity index (χ3n) is 5.58. The number of hydrogen-bond donors (Lipinski definition) is 1. The quantitative estimate of drug-likeness (QED) is 0.241. The summed E-state index contributed by atoms with van der Waals surface area (Å²) in [7, 11) is 0. The third-order valence-corrected chi connectivity index (χ3v) is 6.32. The van der Waals surface area contributed by atoms with Gasteiger partial charge in [-0.2, -0.15) is 5.26 Å². The third kappa shape index (κ3) is 4.74. The molecule has 0 radical (unpaired) electrons. The molecule has 0 spiro atoms. The number of halogens is 2. The Morgan fingerprint density at radius 3 is 2.31 bits per heavy atom. The molecule has 0 aliphatic carbocycles. The molecular formula is C27H20Cl2N2O4. The Morgan fingerprint density at radius 1 is 1.03 bits per heavy atom. The van der Waals surface area contributed by atoms with Crippen molar-refractivity contribution >= 4 is 46.3 Å². The highest BCUT2D eigenvalue weighted by molar-refractivity contribution is 6.51. The molecule has 176 valence electrons. The van der Waals surface area contributed by atoms with Gasteiger partial charge in [-0.1, -0.05) is 42.3 Å². The lowest BCUT2D eigenvalue weighted by Crippen LogP contribution is -2.29. The summed E-state index contributed by atoms with van der Waals surface area (Å²) < 4.78 is 5.65. The first-order valence-electron chi connectivity index (χ1n) is 10.8. The molecule has 1 aliphatic rings. The zero-order chi connectivity index (χ0) is 25.1. The van der Waals surface area contributed by atoms with E-state index in [1.54, 1.807) is 48.5 Å². The van der Waals surface area contributed by atoms with E-state index in [0.29, 0.717) is 34.2 Å². The predicted molar refractivity (Wildman–Crippen MR) is 135 cm³/mol. The number of ketones is 1. The van der Waals surface area contributed by atoms with Crippen molar-refractivity contribution in [2.75, 3.05) is 11.5 Å². The van der Waals surface area contributed by atoms with E-state index in [2.05, 4.69) is 0 Å². The summed E-state index contributed by atoms with van der Waals surface area (Å²) in [5, 5.41) is 20.8. The fraction of sp³-hybridized carbons (Fsp3) is 0.148. The van der Waals surface area contributed by atoms with E-state index in [1.165, 1.54) is 23.1 Å². The van der Waals surface area contributed by atoms with Gasteiger partial charge in [-0.3, -0.25) is 14.5 Å². The second kappa shape index (κ2) is 10.2. The monoisotopic (exact) mass is 506 g/mol. The molecule has 1 atom stereocenters. The standard InChI is InChI=1S/C27H20Cl2N2O4/c1-2-13-35-20-10-5-17(6-11-20)24-23(25(32)18-7-12-21(28)22(29)14-18)26(33)27(34)31(24)19-8-3-16(15-30)4-9-19/h3-12,14,24,32H,2,13H2,1H3/b25-23-. The van der Waals surface area contributed by atoms with E-state index in [-0.39, 0.29) is 21.9 Å². The normalized spacial score (nSPS) is 16.9. The SMILES string of the molecule is CCCOc1ccc(C2/C(=C(/O)c3ccc(Cl)c(Cl)c3)C(=O)C(=O)N2c2ccc(C#N)cc2)cc1. The lowest BCUT2D eigenvalue weighted by molar-refractivity contribution is -0.132. The number of ether oxygens (including phenoxy) is 1. The summed E-state index contributed by atoms with van der Waals surface area (Å²) in [6.45, 7) is 2.56. The highest BCUT2D eigenvalue weighted by atomic mass is 35.5. The average molecular weight is 507 g/mol. The lowest BCUT2D eigenvalue weighted by atomic mass is 9.95. The van der Waals surface area contributed by atoms with Crippen LogP contribution in [0.3, 0.4) is 0 Å². The van der Waals surface area contributed by atoms with Crippen LogP contribution in [-0.4, -0.2) is 23.4 Å². The van der Waals surface area contributed by atoms with Crippen molar-refractivity contribution in [3.05, 3.63) is 99.0 Å². The Kier molecular flexibility index (Phi) is 7.11. The molecule has 1 heterocycles. The van der Waals surface area contributed by atoms with E-state index in [4.69, 9.17) is 33.2 Å². The maximum atomic E-state index is 13.2. The summed E-state index contributed by atoms with van der Waals surface area (Å²) >= 11 is 12.1. The van der Waals surface area contributed by atoms with Crippen LogP contribution in [0.1, 0.15) is 36.1 Å². The van der Waals surface area contributed by atoms with Crippen molar-refractivity contribution in [2.24, 2.45) is 0 Å². The zero-order valence-corrected chi connectivity index (χ0v) is 20.2.